The minimum absolute atomic E-state index is 0.127. The molecule has 4 nitrogen and oxygen atoms in total. The molecule has 1 aromatic carbocycles. The average molecular weight is 293 g/mol. The van der Waals surface area contributed by atoms with Gasteiger partial charge in [-0.25, -0.2) is 9.18 Å². The maximum absolute atomic E-state index is 13.4. The Kier molecular flexibility index (Phi) is 5.31. The molecular formula is C16H20FNO3. The largest absolute Gasteiger partial charge is 0.452 e. The second-order valence-corrected chi connectivity index (χ2v) is 5.34. The molecule has 1 aliphatic heterocycles. The molecule has 21 heavy (non-hydrogen) atoms. The summed E-state index contributed by atoms with van der Waals surface area (Å²) < 4.78 is 18.4. The third kappa shape index (κ3) is 4.28. The molecule has 1 aliphatic rings. The lowest BCUT2D eigenvalue weighted by Crippen LogP contribution is -2.35. The van der Waals surface area contributed by atoms with Gasteiger partial charge in [0.05, 0.1) is 5.56 Å². The Morgan fingerprint density at radius 1 is 1.19 bits per heavy atom. The van der Waals surface area contributed by atoms with Gasteiger partial charge >= 0.3 is 5.97 Å². The van der Waals surface area contributed by atoms with Gasteiger partial charge in [0.2, 0.25) is 0 Å². The van der Waals surface area contributed by atoms with E-state index in [1.54, 1.807) is 11.8 Å². The number of nitrogens with zero attached hydrogens (tertiary/aromatic N) is 1. The van der Waals surface area contributed by atoms with Crippen molar-refractivity contribution in [2.45, 2.75) is 32.6 Å². The first-order valence-electron chi connectivity index (χ1n) is 7.29. The van der Waals surface area contributed by atoms with Crippen molar-refractivity contribution in [2.75, 3.05) is 19.7 Å². The number of aryl methyl sites for hydroxylation is 1. The molecule has 0 atom stereocenters. The van der Waals surface area contributed by atoms with E-state index in [2.05, 4.69) is 0 Å². The number of esters is 1. The zero-order chi connectivity index (χ0) is 15.2. The molecule has 0 spiro atoms. The highest BCUT2D eigenvalue weighted by molar-refractivity contribution is 5.91. The highest BCUT2D eigenvalue weighted by Gasteiger charge is 2.18. The van der Waals surface area contributed by atoms with Gasteiger partial charge in [0.25, 0.3) is 5.91 Å². The van der Waals surface area contributed by atoms with Crippen molar-refractivity contribution in [1.29, 1.82) is 0 Å². The van der Waals surface area contributed by atoms with Crippen LogP contribution in [-0.4, -0.2) is 36.5 Å². The van der Waals surface area contributed by atoms with Crippen LogP contribution in [0.3, 0.4) is 0 Å². The molecule has 114 valence electrons. The molecule has 0 bridgehead atoms. The first kappa shape index (κ1) is 15.5. The molecule has 1 aromatic rings. The standard InChI is InChI=1S/C16H20FNO3/c1-12-6-7-13(10-14(12)17)16(20)21-11-15(19)18-8-4-2-3-5-9-18/h6-7,10H,2-5,8-9,11H2,1H3. The van der Waals surface area contributed by atoms with E-state index in [9.17, 15) is 14.0 Å². The Hall–Kier alpha value is -1.91. The lowest BCUT2D eigenvalue weighted by molar-refractivity contribution is -0.134. The fraction of sp³-hybridized carbons (Fsp3) is 0.500. The second-order valence-electron chi connectivity index (χ2n) is 5.34. The van der Waals surface area contributed by atoms with E-state index in [1.807, 2.05) is 0 Å². The first-order valence-corrected chi connectivity index (χ1v) is 7.29. The van der Waals surface area contributed by atoms with Gasteiger partial charge in [0.1, 0.15) is 5.82 Å². The van der Waals surface area contributed by atoms with E-state index in [-0.39, 0.29) is 18.1 Å². The van der Waals surface area contributed by atoms with Crippen LogP contribution < -0.4 is 0 Å². The molecular weight excluding hydrogens is 273 g/mol. The van der Waals surface area contributed by atoms with Crippen LogP contribution in [0.4, 0.5) is 4.39 Å². The number of rotatable bonds is 3. The Labute approximate surface area is 123 Å². The molecule has 0 N–H and O–H groups in total. The molecule has 0 unspecified atom stereocenters. The molecule has 0 aliphatic carbocycles. The van der Waals surface area contributed by atoms with E-state index in [0.29, 0.717) is 5.56 Å². The Morgan fingerprint density at radius 2 is 1.86 bits per heavy atom. The van der Waals surface area contributed by atoms with Crippen LogP contribution >= 0.6 is 0 Å². The number of hydrogen-bond acceptors (Lipinski definition) is 3. The van der Waals surface area contributed by atoms with Crippen LogP contribution in [0.1, 0.15) is 41.6 Å². The summed E-state index contributed by atoms with van der Waals surface area (Å²) in [6, 6.07) is 4.15. The van der Waals surface area contributed by atoms with Crippen molar-refractivity contribution >= 4 is 11.9 Å². The Bertz CT molecular complexity index is 522. The summed E-state index contributed by atoms with van der Waals surface area (Å²) in [7, 11) is 0. The van der Waals surface area contributed by atoms with Crippen molar-refractivity contribution in [3.05, 3.63) is 35.1 Å². The molecule has 1 saturated heterocycles. The maximum atomic E-state index is 13.4. The summed E-state index contributed by atoms with van der Waals surface area (Å²) in [6.45, 7) is 2.77. The summed E-state index contributed by atoms with van der Waals surface area (Å²) in [5.74, 6) is -1.31. The van der Waals surface area contributed by atoms with Gasteiger partial charge in [0.15, 0.2) is 6.61 Å². The molecule has 2 rings (SSSR count). The predicted octanol–water partition coefficient (Wildman–Crippen LogP) is 2.69. The lowest BCUT2D eigenvalue weighted by atomic mass is 10.1. The number of benzene rings is 1. The van der Waals surface area contributed by atoms with Gasteiger partial charge in [-0.15, -0.1) is 0 Å². The van der Waals surface area contributed by atoms with Crippen LogP contribution in [0.15, 0.2) is 18.2 Å². The summed E-state index contributed by atoms with van der Waals surface area (Å²) >= 11 is 0. The molecule has 1 heterocycles. The van der Waals surface area contributed by atoms with Crippen molar-refractivity contribution < 1.29 is 18.7 Å². The fourth-order valence-corrected chi connectivity index (χ4v) is 2.34. The van der Waals surface area contributed by atoms with Crippen LogP contribution in [0.5, 0.6) is 0 Å². The monoisotopic (exact) mass is 293 g/mol. The smallest absolute Gasteiger partial charge is 0.338 e. The predicted molar refractivity (Wildman–Crippen MR) is 76.5 cm³/mol. The third-order valence-corrected chi connectivity index (χ3v) is 3.69. The molecule has 0 aromatic heterocycles. The fourth-order valence-electron chi connectivity index (χ4n) is 2.34. The number of halogens is 1. The van der Waals surface area contributed by atoms with Crippen LogP contribution in [0.25, 0.3) is 0 Å². The van der Waals surface area contributed by atoms with E-state index in [4.69, 9.17) is 4.74 Å². The van der Waals surface area contributed by atoms with Crippen LogP contribution in [0.2, 0.25) is 0 Å². The molecule has 0 radical (unpaired) electrons. The van der Waals surface area contributed by atoms with E-state index in [1.165, 1.54) is 12.1 Å². The minimum Gasteiger partial charge on any atom is -0.452 e. The quantitative estimate of drug-likeness (QED) is 0.805. The van der Waals surface area contributed by atoms with Gasteiger partial charge in [-0.2, -0.15) is 0 Å². The van der Waals surface area contributed by atoms with Gasteiger partial charge in [-0.1, -0.05) is 18.9 Å². The topological polar surface area (TPSA) is 46.6 Å². The number of hydrogen-bond donors (Lipinski definition) is 0. The third-order valence-electron chi connectivity index (χ3n) is 3.69. The summed E-state index contributed by atoms with van der Waals surface area (Å²) in [5, 5.41) is 0. The highest BCUT2D eigenvalue weighted by Crippen LogP contribution is 2.12. The van der Waals surface area contributed by atoms with E-state index in [0.717, 1.165) is 44.8 Å². The van der Waals surface area contributed by atoms with Crippen molar-refractivity contribution in [3.63, 3.8) is 0 Å². The lowest BCUT2D eigenvalue weighted by Gasteiger charge is -2.19. The Morgan fingerprint density at radius 3 is 2.48 bits per heavy atom. The van der Waals surface area contributed by atoms with E-state index >= 15 is 0 Å². The second kappa shape index (κ2) is 7.20. The number of ether oxygens (including phenoxy) is 1. The van der Waals surface area contributed by atoms with Gasteiger partial charge in [-0.05, 0) is 37.5 Å². The Balaban J connectivity index is 1.87. The van der Waals surface area contributed by atoms with E-state index < -0.39 is 11.8 Å². The summed E-state index contributed by atoms with van der Waals surface area (Å²) in [6.07, 6.45) is 4.24. The summed E-state index contributed by atoms with van der Waals surface area (Å²) in [5.41, 5.74) is 0.592. The minimum atomic E-state index is -0.669. The number of carbonyl (C=O) groups is 2. The normalized spacial score (nSPS) is 15.4. The van der Waals surface area contributed by atoms with Crippen LogP contribution in [0, 0.1) is 12.7 Å². The summed E-state index contributed by atoms with van der Waals surface area (Å²) in [4.78, 5) is 25.5. The average Bonchev–Trinajstić information content (AvgIpc) is 2.76. The molecule has 5 heteroatoms. The zero-order valence-corrected chi connectivity index (χ0v) is 12.2. The van der Waals surface area contributed by atoms with Crippen molar-refractivity contribution in [1.82, 2.24) is 4.90 Å². The highest BCUT2D eigenvalue weighted by atomic mass is 19.1. The molecule has 1 amide bonds. The molecule has 1 fully saturated rings. The number of likely N-dealkylation sites (tertiary alicyclic amines) is 1. The van der Waals surface area contributed by atoms with Crippen molar-refractivity contribution in [2.24, 2.45) is 0 Å². The van der Waals surface area contributed by atoms with Gasteiger partial charge in [0, 0.05) is 13.1 Å². The van der Waals surface area contributed by atoms with Gasteiger partial charge in [-0.3, -0.25) is 4.79 Å². The zero-order valence-electron chi connectivity index (χ0n) is 12.2. The SMILES string of the molecule is Cc1ccc(C(=O)OCC(=O)N2CCCCCC2)cc1F. The number of amides is 1. The maximum Gasteiger partial charge on any atom is 0.338 e. The van der Waals surface area contributed by atoms with Gasteiger partial charge < -0.3 is 9.64 Å². The number of carbonyl (C=O) groups excluding carboxylic acids is 2. The first-order chi connectivity index (χ1) is 10.1. The molecule has 0 saturated carbocycles. The van der Waals surface area contributed by atoms with Crippen molar-refractivity contribution in [3.8, 4) is 0 Å². The van der Waals surface area contributed by atoms with Crippen LogP contribution in [-0.2, 0) is 9.53 Å².